The maximum Gasteiger partial charge on any atom is 0.0716 e. The zero-order chi connectivity index (χ0) is 35.0. The van der Waals surface area contributed by atoms with Gasteiger partial charge in [0.05, 0.1) is 11.4 Å². The Morgan fingerprint density at radius 1 is 0.635 bits per heavy atom. The molecule has 0 amide bonds. The van der Waals surface area contributed by atoms with Gasteiger partial charge in [0, 0.05) is 62.3 Å². The van der Waals surface area contributed by atoms with Crippen LogP contribution in [-0.4, -0.2) is 14.5 Å². The van der Waals surface area contributed by atoms with Gasteiger partial charge in [-0.1, -0.05) is 146 Å². The highest BCUT2D eigenvalue weighted by atomic mass is 15.0. The molecule has 0 bridgehead atoms. The Bertz CT molecular complexity index is 2600. The van der Waals surface area contributed by atoms with Crippen molar-refractivity contribution in [3.05, 3.63) is 186 Å². The van der Waals surface area contributed by atoms with Crippen LogP contribution in [0.2, 0.25) is 0 Å². The first kappa shape index (κ1) is 31.5. The molecule has 250 valence electrons. The summed E-state index contributed by atoms with van der Waals surface area (Å²) in [6.07, 6.45) is 12.3. The number of nitrogens with zero attached hydrogens (tertiary/aromatic N) is 2. The number of para-hydroxylation sites is 1. The van der Waals surface area contributed by atoms with Crippen LogP contribution in [0.4, 0.5) is 0 Å². The summed E-state index contributed by atoms with van der Waals surface area (Å²) in [6.45, 7) is 4.60. The summed E-state index contributed by atoms with van der Waals surface area (Å²) in [5.41, 5.74) is 17.5. The molecule has 1 aliphatic carbocycles. The van der Waals surface area contributed by atoms with Crippen LogP contribution in [0.5, 0.6) is 0 Å². The van der Waals surface area contributed by atoms with Crippen LogP contribution in [-0.2, 0) is 0 Å². The Kier molecular flexibility index (Phi) is 8.09. The average Bonchev–Trinajstić information content (AvgIpc) is 3.75. The van der Waals surface area contributed by atoms with Gasteiger partial charge in [-0.25, -0.2) is 4.98 Å². The highest BCUT2D eigenvalue weighted by Crippen LogP contribution is 2.40. The largest absolute Gasteiger partial charge is 0.361 e. The van der Waals surface area contributed by atoms with Crippen LogP contribution in [0.1, 0.15) is 47.3 Å². The van der Waals surface area contributed by atoms with E-state index in [9.17, 15) is 0 Å². The highest BCUT2D eigenvalue weighted by Gasteiger charge is 2.25. The molecule has 9 rings (SSSR count). The molecule has 5 aromatic carbocycles. The van der Waals surface area contributed by atoms with Crippen molar-refractivity contribution in [2.45, 2.75) is 26.2 Å². The summed E-state index contributed by atoms with van der Waals surface area (Å²) in [5.74, 6) is 0.391. The number of hydrogen-bond donors (Lipinski definition) is 1. The molecule has 0 fully saturated rings. The molecule has 3 nitrogen and oxygen atoms in total. The smallest absolute Gasteiger partial charge is 0.0716 e. The molecule has 8 aromatic rings. The standard InChI is InChI=1S/C49H39N3/c1-33-13-11-21-45-43(28-27-40-32-50-46-22-10-9-20-44(40)46)34(2)52(49(33)45)42-19-12-18-39(29-42)48-31-41(30-47(51-48)38-16-7-4-8-17-38)37-25-23-36(24-26-37)35-14-5-3-6-15-35/h3-12,14-33,50H,13H2,1-2H3/b28-27-. The van der Waals surface area contributed by atoms with E-state index in [0.717, 1.165) is 45.7 Å². The molecule has 0 saturated carbocycles. The van der Waals surface area contributed by atoms with Crippen LogP contribution in [0.3, 0.4) is 0 Å². The fraction of sp³-hybridized carbons (Fsp3) is 0.0816. The summed E-state index contributed by atoms with van der Waals surface area (Å²) in [4.78, 5) is 8.70. The topological polar surface area (TPSA) is 33.6 Å². The zero-order valence-corrected chi connectivity index (χ0v) is 29.4. The maximum absolute atomic E-state index is 5.28. The summed E-state index contributed by atoms with van der Waals surface area (Å²) < 4.78 is 2.48. The predicted molar refractivity (Wildman–Crippen MR) is 219 cm³/mol. The van der Waals surface area contributed by atoms with Crippen molar-refractivity contribution in [1.29, 1.82) is 0 Å². The predicted octanol–water partition coefficient (Wildman–Crippen LogP) is 13.0. The molecule has 1 N–H and O–H groups in total. The van der Waals surface area contributed by atoms with Crippen LogP contribution < -0.4 is 0 Å². The Hall–Kier alpha value is -6.45. The lowest BCUT2D eigenvalue weighted by molar-refractivity contribution is 0.712. The molecule has 3 heterocycles. The average molecular weight is 670 g/mol. The van der Waals surface area contributed by atoms with Gasteiger partial charge in [0.15, 0.2) is 0 Å². The van der Waals surface area contributed by atoms with Crippen molar-refractivity contribution >= 4 is 29.1 Å². The van der Waals surface area contributed by atoms with E-state index in [2.05, 4.69) is 199 Å². The Morgan fingerprint density at radius 3 is 2.04 bits per heavy atom. The lowest BCUT2D eigenvalue weighted by Crippen LogP contribution is -2.08. The molecule has 0 aliphatic heterocycles. The second kappa shape index (κ2) is 13.4. The van der Waals surface area contributed by atoms with Crippen LogP contribution in [0.25, 0.3) is 79.6 Å². The Labute approximate surface area is 305 Å². The molecular weight excluding hydrogens is 631 g/mol. The van der Waals surface area contributed by atoms with E-state index in [1.165, 1.54) is 50.2 Å². The van der Waals surface area contributed by atoms with Gasteiger partial charge in [0.2, 0.25) is 0 Å². The van der Waals surface area contributed by atoms with Gasteiger partial charge in [0.1, 0.15) is 0 Å². The number of aromatic amines is 1. The van der Waals surface area contributed by atoms with Gasteiger partial charge in [-0.05, 0) is 71.5 Å². The van der Waals surface area contributed by atoms with Crippen LogP contribution in [0, 0.1) is 6.92 Å². The van der Waals surface area contributed by atoms with E-state index in [-0.39, 0.29) is 0 Å². The summed E-state index contributed by atoms with van der Waals surface area (Å²) in [7, 11) is 0. The molecule has 1 atom stereocenters. The number of fused-ring (bicyclic) bond motifs is 2. The van der Waals surface area contributed by atoms with Gasteiger partial charge in [-0.15, -0.1) is 0 Å². The number of H-pyrrole nitrogens is 1. The minimum Gasteiger partial charge on any atom is -0.361 e. The number of hydrogen-bond acceptors (Lipinski definition) is 1. The van der Waals surface area contributed by atoms with Crippen molar-refractivity contribution in [3.8, 4) is 50.5 Å². The number of benzene rings is 5. The number of aromatic nitrogens is 3. The molecule has 0 saturated heterocycles. The van der Waals surface area contributed by atoms with E-state index in [4.69, 9.17) is 4.98 Å². The van der Waals surface area contributed by atoms with Crippen molar-refractivity contribution < 1.29 is 0 Å². The molecule has 3 heteroatoms. The van der Waals surface area contributed by atoms with E-state index >= 15 is 0 Å². The first-order valence-corrected chi connectivity index (χ1v) is 18.1. The first-order chi connectivity index (χ1) is 25.6. The first-order valence-electron chi connectivity index (χ1n) is 18.1. The van der Waals surface area contributed by atoms with Gasteiger partial charge in [-0.3, -0.25) is 0 Å². The fourth-order valence-electron chi connectivity index (χ4n) is 7.76. The minimum absolute atomic E-state index is 0.391. The second-order valence-electron chi connectivity index (χ2n) is 13.8. The third-order valence-electron chi connectivity index (χ3n) is 10.4. The molecule has 0 spiro atoms. The van der Waals surface area contributed by atoms with Crippen molar-refractivity contribution in [3.63, 3.8) is 0 Å². The summed E-state index contributed by atoms with van der Waals surface area (Å²) in [5, 5.41) is 1.23. The molecule has 1 unspecified atom stereocenters. The second-order valence-corrected chi connectivity index (χ2v) is 13.8. The van der Waals surface area contributed by atoms with Gasteiger partial charge >= 0.3 is 0 Å². The van der Waals surface area contributed by atoms with Gasteiger partial charge < -0.3 is 9.55 Å². The zero-order valence-electron chi connectivity index (χ0n) is 29.4. The number of rotatable bonds is 7. The third-order valence-corrected chi connectivity index (χ3v) is 10.4. The SMILES string of the molecule is Cc1c(/C=C\c2c[nH]c3ccccc23)c2c(n1-c1cccc(-c3cc(-c4ccc(-c5ccccc5)cc4)cc(-c4ccccc4)n3)c1)C(C)CC=C2. The highest BCUT2D eigenvalue weighted by molar-refractivity contribution is 5.92. The number of nitrogens with one attached hydrogen (secondary N) is 1. The van der Waals surface area contributed by atoms with Crippen molar-refractivity contribution in [2.24, 2.45) is 0 Å². The van der Waals surface area contributed by atoms with Gasteiger partial charge in [-0.2, -0.15) is 0 Å². The van der Waals surface area contributed by atoms with E-state index < -0.39 is 0 Å². The lowest BCUT2D eigenvalue weighted by atomic mass is 9.92. The molecule has 52 heavy (non-hydrogen) atoms. The summed E-state index contributed by atoms with van der Waals surface area (Å²) >= 11 is 0. The lowest BCUT2D eigenvalue weighted by Gasteiger charge is -2.20. The van der Waals surface area contributed by atoms with Crippen molar-refractivity contribution in [1.82, 2.24) is 14.5 Å². The van der Waals surface area contributed by atoms with E-state index in [1.54, 1.807) is 0 Å². The van der Waals surface area contributed by atoms with Crippen LogP contribution >= 0.6 is 0 Å². The minimum atomic E-state index is 0.391. The Morgan fingerprint density at radius 2 is 1.27 bits per heavy atom. The monoisotopic (exact) mass is 669 g/mol. The Balaban J connectivity index is 1.14. The maximum atomic E-state index is 5.28. The van der Waals surface area contributed by atoms with Gasteiger partial charge in [0.25, 0.3) is 0 Å². The summed E-state index contributed by atoms with van der Waals surface area (Å²) in [6, 6.07) is 51.8. The fourth-order valence-corrected chi connectivity index (χ4v) is 7.76. The van der Waals surface area contributed by atoms with E-state index in [1.807, 2.05) is 0 Å². The third kappa shape index (κ3) is 5.80. The molecular formula is C49H39N3. The molecule has 3 aromatic heterocycles. The van der Waals surface area contributed by atoms with E-state index in [0.29, 0.717) is 5.92 Å². The normalized spacial score (nSPS) is 13.9. The number of pyridine rings is 1. The van der Waals surface area contributed by atoms with Crippen LogP contribution in [0.15, 0.2) is 158 Å². The van der Waals surface area contributed by atoms with Crippen molar-refractivity contribution in [2.75, 3.05) is 0 Å². The number of allylic oxidation sites excluding steroid dienone is 1. The molecule has 0 radical (unpaired) electrons. The quantitative estimate of drug-likeness (QED) is 0.180. The molecule has 1 aliphatic rings.